The molecule has 138 valence electrons. The summed E-state index contributed by atoms with van der Waals surface area (Å²) in [5, 5.41) is 11.8. The van der Waals surface area contributed by atoms with Gasteiger partial charge in [0.15, 0.2) is 5.78 Å². The number of hydrogen-bond donors (Lipinski definition) is 1. The summed E-state index contributed by atoms with van der Waals surface area (Å²) >= 11 is 1.72. The minimum absolute atomic E-state index is 0.0145. The first-order valence-electron chi connectivity index (χ1n) is 9.17. The third-order valence-electron chi connectivity index (χ3n) is 5.01. The van der Waals surface area contributed by atoms with Crippen molar-refractivity contribution in [1.82, 2.24) is 0 Å². The average Bonchev–Trinajstić information content (AvgIpc) is 3.28. The van der Waals surface area contributed by atoms with Crippen LogP contribution >= 0.6 is 11.3 Å². The minimum atomic E-state index is -0.438. The highest BCUT2D eigenvalue weighted by molar-refractivity contribution is 7.11. The molecule has 0 spiro atoms. The lowest BCUT2D eigenvalue weighted by molar-refractivity contribution is 0.104. The Hall–Kier alpha value is -3.17. The van der Waals surface area contributed by atoms with E-state index in [9.17, 15) is 9.90 Å². The van der Waals surface area contributed by atoms with E-state index in [0.717, 1.165) is 12.0 Å². The number of benzene rings is 2. The number of phenolic OH excluding ortho intramolecular Hbond substituents is 1. The van der Waals surface area contributed by atoms with Crippen molar-refractivity contribution in [3.8, 4) is 5.75 Å². The summed E-state index contributed by atoms with van der Waals surface area (Å²) < 4.78 is 0. The summed E-state index contributed by atoms with van der Waals surface area (Å²) in [6.07, 6.45) is 10.7. The van der Waals surface area contributed by atoms with Gasteiger partial charge < -0.3 is 5.11 Å². The van der Waals surface area contributed by atoms with Gasteiger partial charge in [-0.2, -0.15) is 0 Å². The number of hydrogen-bond acceptors (Lipinski definition) is 3. The summed E-state index contributed by atoms with van der Waals surface area (Å²) in [5.74, 6) is 0.219. The molecule has 1 aliphatic rings. The second-order valence-electron chi connectivity index (χ2n) is 6.86. The number of carbonyl (C=O) groups is 1. The van der Waals surface area contributed by atoms with Crippen LogP contribution in [0.4, 0.5) is 0 Å². The lowest BCUT2D eigenvalue weighted by Gasteiger charge is -2.31. The number of allylic oxidation sites excluding steroid dienone is 6. The van der Waals surface area contributed by atoms with E-state index < -0.39 is 5.41 Å². The molecule has 1 heterocycles. The van der Waals surface area contributed by atoms with Gasteiger partial charge in [-0.1, -0.05) is 72.8 Å². The number of rotatable bonds is 5. The maximum atomic E-state index is 12.7. The van der Waals surface area contributed by atoms with Gasteiger partial charge in [-0.3, -0.25) is 4.79 Å². The van der Waals surface area contributed by atoms with E-state index in [2.05, 4.69) is 35.7 Å². The molecule has 1 aromatic heterocycles. The molecule has 0 radical (unpaired) electrons. The molecule has 1 N–H and O–H groups in total. The van der Waals surface area contributed by atoms with Crippen molar-refractivity contribution in [3.63, 3.8) is 0 Å². The molecule has 0 bridgehead atoms. The third kappa shape index (κ3) is 3.75. The number of aromatic hydroxyl groups is 1. The van der Waals surface area contributed by atoms with Crippen LogP contribution in [0.2, 0.25) is 0 Å². The molecule has 1 aliphatic carbocycles. The Labute approximate surface area is 168 Å². The van der Waals surface area contributed by atoms with Crippen molar-refractivity contribution < 1.29 is 9.90 Å². The zero-order chi connectivity index (χ0) is 19.4. The fraction of sp³-hybridized carbons (Fsp3) is 0.0800. The number of carbonyl (C=O) groups excluding carboxylic acids is 1. The lowest BCUT2D eigenvalue weighted by Crippen LogP contribution is -2.23. The predicted molar refractivity (Wildman–Crippen MR) is 116 cm³/mol. The highest BCUT2D eigenvalue weighted by Gasteiger charge is 2.30. The molecule has 0 fully saturated rings. The van der Waals surface area contributed by atoms with Crippen LogP contribution in [0, 0.1) is 0 Å². The number of phenols is 1. The van der Waals surface area contributed by atoms with Crippen LogP contribution in [0.3, 0.4) is 0 Å². The van der Waals surface area contributed by atoms with Gasteiger partial charge in [0.25, 0.3) is 0 Å². The van der Waals surface area contributed by atoms with Crippen LogP contribution in [0.15, 0.2) is 102 Å². The second kappa shape index (κ2) is 7.83. The molecule has 28 heavy (non-hydrogen) atoms. The van der Waals surface area contributed by atoms with Gasteiger partial charge >= 0.3 is 0 Å². The zero-order valence-electron chi connectivity index (χ0n) is 15.3. The highest BCUT2D eigenvalue weighted by Crippen LogP contribution is 2.41. The smallest absolute Gasteiger partial charge is 0.185 e. The Morgan fingerprint density at radius 1 is 1.00 bits per heavy atom. The molecule has 2 aromatic carbocycles. The quantitative estimate of drug-likeness (QED) is 0.422. The Morgan fingerprint density at radius 3 is 2.50 bits per heavy atom. The monoisotopic (exact) mass is 384 g/mol. The fourth-order valence-electron chi connectivity index (χ4n) is 3.50. The molecule has 4 rings (SSSR count). The van der Waals surface area contributed by atoms with Crippen molar-refractivity contribution in [1.29, 1.82) is 0 Å². The lowest BCUT2D eigenvalue weighted by atomic mass is 9.72. The summed E-state index contributed by atoms with van der Waals surface area (Å²) in [4.78, 5) is 13.9. The van der Waals surface area contributed by atoms with Gasteiger partial charge in [0, 0.05) is 15.9 Å². The van der Waals surface area contributed by atoms with E-state index in [-0.39, 0.29) is 11.5 Å². The largest absolute Gasteiger partial charge is 0.508 e. The molecule has 0 saturated heterocycles. The second-order valence-corrected chi connectivity index (χ2v) is 7.80. The van der Waals surface area contributed by atoms with Crippen LogP contribution in [-0.2, 0) is 5.41 Å². The molecular formula is C25H20O2S. The average molecular weight is 385 g/mol. The van der Waals surface area contributed by atoms with Gasteiger partial charge in [0.05, 0.1) is 0 Å². The van der Waals surface area contributed by atoms with Crippen molar-refractivity contribution in [3.05, 3.63) is 118 Å². The maximum absolute atomic E-state index is 12.7. The van der Waals surface area contributed by atoms with Crippen molar-refractivity contribution in [2.24, 2.45) is 0 Å². The van der Waals surface area contributed by atoms with Crippen LogP contribution < -0.4 is 0 Å². The van der Waals surface area contributed by atoms with E-state index in [0.29, 0.717) is 5.56 Å². The standard InChI is InChI=1S/C25H20O2S/c26-22-12-10-21(11-13-22)25(16-14-23(27)19-6-2-1-3-7-19)15-4-8-20(18-25)24-9-5-17-28-24/h1-17,26H,18H2. The van der Waals surface area contributed by atoms with Crippen molar-refractivity contribution in [2.75, 3.05) is 0 Å². The molecule has 3 heteroatoms. The predicted octanol–water partition coefficient (Wildman–Crippen LogP) is 6.17. The van der Waals surface area contributed by atoms with E-state index in [1.54, 1.807) is 29.5 Å². The van der Waals surface area contributed by atoms with Crippen LogP contribution in [0.1, 0.15) is 27.2 Å². The van der Waals surface area contributed by atoms with E-state index in [4.69, 9.17) is 0 Å². The molecule has 2 nitrogen and oxygen atoms in total. The topological polar surface area (TPSA) is 37.3 Å². The van der Waals surface area contributed by atoms with Gasteiger partial charge in [-0.15, -0.1) is 11.3 Å². The Morgan fingerprint density at radius 2 is 1.79 bits per heavy atom. The maximum Gasteiger partial charge on any atom is 0.185 e. The Kier molecular flexibility index (Phi) is 5.09. The van der Waals surface area contributed by atoms with Crippen molar-refractivity contribution in [2.45, 2.75) is 11.8 Å². The van der Waals surface area contributed by atoms with Gasteiger partial charge in [-0.05, 0) is 47.2 Å². The Bertz CT molecular complexity index is 1040. The molecule has 1 atom stereocenters. The summed E-state index contributed by atoms with van der Waals surface area (Å²) in [5.41, 5.74) is 2.52. The summed E-state index contributed by atoms with van der Waals surface area (Å²) in [7, 11) is 0. The van der Waals surface area contributed by atoms with Crippen LogP contribution in [0.25, 0.3) is 5.57 Å². The fourth-order valence-corrected chi connectivity index (χ4v) is 4.26. The summed E-state index contributed by atoms with van der Waals surface area (Å²) in [6.45, 7) is 0. The zero-order valence-corrected chi connectivity index (χ0v) is 16.1. The number of ketones is 1. The SMILES string of the molecule is O=C(C=CC1(c2ccc(O)cc2)C=CC=C(c2cccs2)C1)c1ccccc1. The minimum Gasteiger partial charge on any atom is -0.508 e. The first-order chi connectivity index (χ1) is 13.7. The number of thiophene rings is 1. The van der Waals surface area contributed by atoms with Crippen molar-refractivity contribution >= 4 is 22.7 Å². The van der Waals surface area contributed by atoms with E-state index in [1.807, 2.05) is 48.5 Å². The van der Waals surface area contributed by atoms with Crippen LogP contribution in [-0.4, -0.2) is 10.9 Å². The summed E-state index contributed by atoms with van der Waals surface area (Å²) in [6, 6.07) is 20.7. The van der Waals surface area contributed by atoms with Crippen LogP contribution in [0.5, 0.6) is 5.75 Å². The highest BCUT2D eigenvalue weighted by atomic mass is 32.1. The molecule has 0 aliphatic heterocycles. The normalized spacial score (nSPS) is 18.9. The first kappa shape index (κ1) is 18.2. The van der Waals surface area contributed by atoms with Gasteiger partial charge in [0.1, 0.15) is 5.75 Å². The molecule has 3 aromatic rings. The molecular weight excluding hydrogens is 364 g/mol. The van der Waals surface area contributed by atoms with Gasteiger partial charge in [-0.25, -0.2) is 0 Å². The molecule has 0 saturated carbocycles. The van der Waals surface area contributed by atoms with E-state index in [1.165, 1.54) is 10.5 Å². The molecule has 1 unspecified atom stereocenters. The third-order valence-corrected chi connectivity index (χ3v) is 5.95. The van der Waals surface area contributed by atoms with Gasteiger partial charge in [0.2, 0.25) is 0 Å². The Balaban J connectivity index is 1.72. The first-order valence-corrected chi connectivity index (χ1v) is 10.0. The molecule has 0 amide bonds. The van der Waals surface area contributed by atoms with E-state index >= 15 is 0 Å².